The molecule has 0 aliphatic rings. The fraction of sp³-hybridized carbons (Fsp3) is 0.818. The number of carbonyl (C=O) groups is 2. The van der Waals surface area contributed by atoms with Gasteiger partial charge >= 0.3 is 0 Å². The van der Waals surface area contributed by atoms with E-state index in [0.29, 0.717) is 12.8 Å². The summed E-state index contributed by atoms with van der Waals surface area (Å²) in [4.78, 5) is 22.8. The molecule has 0 aromatic rings. The van der Waals surface area contributed by atoms with E-state index < -0.39 is 23.3 Å². The monoisotopic (exact) mass is 229 g/mol. The highest BCUT2D eigenvalue weighted by atomic mass is 16.2. The standard InChI is InChI=1S/C11H23N3O2/c1-4-5-8(9(12)15)11(14,10(13)16)6-7(2)3/h7-8H,4-6,14H2,1-3H3,(H2,12,15)(H2,13,16). The lowest BCUT2D eigenvalue weighted by Crippen LogP contribution is -2.61. The number of hydrogen-bond acceptors (Lipinski definition) is 3. The molecule has 0 fully saturated rings. The van der Waals surface area contributed by atoms with Crippen molar-refractivity contribution < 1.29 is 9.59 Å². The highest BCUT2D eigenvalue weighted by molar-refractivity contribution is 5.92. The van der Waals surface area contributed by atoms with E-state index in [1.807, 2.05) is 20.8 Å². The molecular weight excluding hydrogens is 206 g/mol. The SMILES string of the molecule is CCCC(C(N)=O)C(N)(CC(C)C)C(N)=O. The molecule has 6 N–H and O–H groups in total. The van der Waals surface area contributed by atoms with Gasteiger partial charge in [0.2, 0.25) is 11.8 Å². The van der Waals surface area contributed by atoms with Crippen LogP contribution in [0.3, 0.4) is 0 Å². The van der Waals surface area contributed by atoms with Crippen molar-refractivity contribution in [3.05, 3.63) is 0 Å². The van der Waals surface area contributed by atoms with E-state index in [4.69, 9.17) is 17.2 Å². The number of amides is 2. The van der Waals surface area contributed by atoms with Crippen molar-refractivity contribution in [2.24, 2.45) is 29.0 Å². The van der Waals surface area contributed by atoms with Crippen LogP contribution >= 0.6 is 0 Å². The van der Waals surface area contributed by atoms with Crippen LogP contribution in [0.4, 0.5) is 0 Å². The van der Waals surface area contributed by atoms with Crippen molar-refractivity contribution >= 4 is 11.8 Å². The van der Waals surface area contributed by atoms with Gasteiger partial charge in [-0.1, -0.05) is 27.2 Å². The average Bonchev–Trinajstić information content (AvgIpc) is 2.11. The summed E-state index contributed by atoms with van der Waals surface area (Å²) in [6.07, 6.45) is 1.59. The number of rotatable bonds is 7. The third-order valence-corrected chi connectivity index (χ3v) is 2.75. The van der Waals surface area contributed by atoms with Crippen LogP contribution in [0.5, 0.6) is 0 Å². The van der Waals surface area contributed by atoms with Gasteiger partial charge in [0, 0.05) is 0 Å². The van der Waals surface area contributed by atoms with Crippen molar-refractivity contribution in [3.8, 4) is 0 Å². The summed E-state index contributed by atoms with van der Waals surface area (Å²) >= 11 is 0. The fourth-order valence-corrected chi connectivity index (χ4v) is 2.03. The molecule has 2 amide bonds. The number of primary amides is 2. The van der Waals surface area contributed by atoms with Crippen LogP contribution in [-0.2, 0) is 9.59 Å². The van der Waals surface area contributed by atoms with Crippen LogP contribution in [0.15, 0.2) is 0 Å². The molecule has 0 saturated heterocycles. The van der Waals surface area contributed by atoms with Gasteiger partial charge in [-0.05, 0) is 18.8 Å². The van der Waals surface area contributed by atoms with Crippen LogP contribution in [0.2, 0.25) is 0 Å². The van der Waals surface area contributed by atoms with Gasteiger partial charge in [-0.25, -0.2) is 0 Å². The Morgan fingerprint density at radius 1 is 1.25 bits per heavy atom. The van der Waals surface area contributed by atoms with Gasteiger partial charge in [-0.15, -0.1) is 0 Å². The Balaban J connectivity index is 5.11. The lowest BCUT2D eigenvalue weighted by atomic mass is 9.75. The molecule has 0 saturated carbocycles. The smallest absolute Gasteiger partial charge is 0.238 e. The van der Waals surface area contributed by atoms with E-state index in [1.165, 1.54) is 0 Å². The zero-order chi connectivity index (χ0) is 12.9. The molecule has 5 heteroatoms. The normalized spacial score (nSPS) is 16.8. The summed E-state index contributed by atoms with van der Waals surface area (Å²) in [6, 6.07) is 0. The minimum Gasteiger partial charge on any atom is -0.369 e. The molecule has 0 aliphatic heterocycles. The Labute approximate surface area is 96.7 Å². The Hall–Kier alpha value is -1.10. The van der Waals surface area contributed by atoms with E-state index in [9.17, 15) is 9.59 Å². The second-order valence-corrected chi connectivity index (χ2v) is 4.75. The summed E-state index contributed by atoms with van der Waals surface area (Å²) in [5.74, 6) is -1.71. The van der Waals surface area contributed by atoms with Crippen LogP contribution in [0.25, 0.3) is 0 Å². The molecule has 0 aromatic carbocycles. The van der Waals surface area contributed by atoms with E-state index in [-0.39, 0.29) is 5.92 Å². The summed E-state index contributed by atoms with van der Waals surface area (Å²) in [5, 5.41) is 0. The third kappa shape index (κ3) is 3.48. The number of nitrogens with two attached hydrogens (primary N) is 3. The Morgan fingerprint density at radius 3 is 2.00 bits per heavy atom. The maximum atomic E-state index is 11.5. The first-order chi connectivity index (χ1) is 7.25. The molecule has 0 radical (unpaired) electrons. The molecule has 2 unspecified atom stereocenters. The zero-order valence-electron chi connectivity index (χ0n) is 10.3. The van der Waals surface area contributed by atoms with Crippen LogP contribution in [0.1, 0.15) is 40.0 Å². The second kappa shape index (κ2) is 5.84. The average molecular weight is 229 g/mol. The Kier molecular flexibility index (Phi) is 5.44. The van der Waals surface area contributed by atoms with Crippen LogP contribution in [-0.4, -0.2) is 17.4 Å². The topological polar surface area (TPSA) is 112 Å². The predicted octanol–water partition coefficient (Wildman–Crippen LogP) is 0.117. The molecule has 5 nitrogen and oxygen atoms in total. The molecule has 0 heterocycles. The van der Waals surface area contributed by atoms with Crippen molar-refractivity contribution in [3.63, 3.8) is 0 Å². The Morgan fingerprint density at radius 2 is 1.75 bits per heavy atom. The third-order valence-electron chi connectivity index (χ3n) is 2.75. The van der Waals surface area contributed by atoms with Crippen molar-refractivity contribution in [2.75, 3.05) is 0 Å². The van der Waals surface area contributed by atoms with Gasteiger partial charge in [0.25, 0.3) is 0 Å². The van der Waals surface area contributed by atoms with Gasteiger partial charge < -0.3 is 17.2 Å². The maximum Gasteiger partial charge on any atom is 0.238 e. The second-order valence-electron chi connectivity index (χ2n) is 4.75. The largest absolute Gasteiger partial charge is 0.369 e. The van der Waals surface area contributed by atoms with Gasteiger partial charge in [-0.3, -0.25) is 9.59 Å². The highest BCUT2D eigenvalue weighted by Gasteiger charge is 2.43. The van der Waals surface area contributed by atoms with Gasteiger partial charge in [0.15, 0.2) is 0 Å². The van der Waals surface area contributed by atoms with Gasteiger partial charge in [-0.2, -0.15) is 0 Å². The lowest BCUT2D eigenvalue weighted by Gasteiger charge is -2.34. The van der Waals surface area contributed by atoms with E-state index >= 15 is 0 Å². The lowest BCUT2D eigenvalue weighted by molar-refractivity contribution is -0.134. The Bertz CT molecular complexity index is 266. The quantitative estimate of drug-likeness (QED) is 0.576. The van der Waals surface area contributed by atoms with Crippen molar-refractivity contribution in [2.45, 2.75) is 45.6 Å². The van der Waals surface area contributed by atoms with Crippen molar-refractivity contribution in [1.82, 2.24) is 0 Å². The molecule has 0 aromatic heterocycles. The summed E-state index contributed by atoms with van der Waals surface area (Å²) in [7, 11) is 0. The maximum absolute atomic E-state index is 11.5. The molecule has 0 spiro atoms. The van der Waals surface area contributed by atoms with Crippen LogP contribution in [0, 0.1) is 11.8 Å². The molecule has 2 atom stereocenters. The first kappa shape index (κ1) is 14.9. The molecule has 0 rings (SSSR count). The predicted molar refractivity (Wildman–Crippen MR) is 63.2 cm³/mol. The van der Waals surface area contributed by atoms with Gasteiger partial charge in [0.1, 0.15) is 5.54 Å². The molecule has 94 valence electrons. The zero-order valence-corrected chi connectivity index (χ0v) is 10.3. The first-order valence-electron chi connectivity index (χ1n) is 5.63. The number of carbonyl (C=O) groups excluding carboxylic acids is 2. The first-order valence-corrected chi connectivity index (χ1v) is 5.63. The molecular formula is C11H23N3O2. The highest BCUT2D eigenvalue weighted by Crippen LogP contribution is 2.26. The summed E-state index contributed by atoms with van der Waals surface area (Å²) in [5.41, 5.74) is 15.3. The molecule has 0 bridgehead atoms. The summed E-state index contributed by atoms with van der Waals surface area (Å²) in [6.45, 7) is 5.76. The van der Waals surface area contributed by atoms with Gasteiger partial charge in [0.05, 0.1) is 5.92 Å². The number of hydrogen-bond donors (Lipinski definition) is 3. The fourth-order valence-electron chi connectivity index (χ4n) is 2.03. The molecule has 0 aliphatic carbocycles. The minimum atomic E-state index is -1.32. The van der Waals surface area contributed by atoms with E-state index in [2.05, 4.69) is 0 Å². The van der Waals surface area contributed by atoms with Crippen molar-refractivity contribution in [1.29, 1.82) is 0 Å². The van der Waals surface area contributed by atoms with E-state index in [0.717, 1.165) is 6.42 Å². The van der Waals surface area contributed by atoms with E-state index in [1.54, 1.807) is 0 Å². The minimum absolute atomic E-state index is 0.177. The summed E-state index contributed by atoms with van der Waals surface area (Å²) < 4.78 is 0. The van der Waals surface area contributed by atoms with Crippen LogP contribution < -0.4 is 17.2 Å². The molecule has 16 heavy (non-hydrogen) atoms.